The minimum atomic E-state index is -4.00. The summed E-state index contributed by atoms with van der Waals surface area (Å²) in [5, 5.41) is 0. The van der Waals surface area contributed by atoms with Crippen molar-refractivity contribution < 1.29 is 31.4 Å². The van der Waals surface area contributed by atoms with E-state index in [1.807, 2.05) is 7.05 Å². The van der Waals surface area contributed by atoms with Gasteiger partial charge < -0.3 is 24.0 Å². The Labute approximate surface area is 192 Å². The minimum Gasteiger partial charge on any atom is -0.495 e. The molecule has 178 valence electrons. The maximum absolute atomic E-state index is 13.0. The van der Waals surface area contributed by atoms with E-state index in [-0.39, 0.29) is 34.5 Å². The number of likely N-dealkylation sites (N-methyl/N-ethyl adjacent to an activating group) is 1. The molecular formula is C20H26ClF2N3O5S. The maximum atomic E-state index is 13.0. The zero-order valence-electron chi connectivity index (χ0n) is 17.9. The number of hydrogen-bond acceptors (Lipinski definition) is 7. The summed E-state index contributed by atoms with van der Waals surface area (Å²) in [7, 11) is 0.858. The second kappa shape index (κ2) is 10.9. The average molecular weight is 494 g/mol. The fraction of sp³-hybridized carbons (Fsp3) is 0.400. The number of rotatable bonds is 8. The number of anilines is 2. The predicted molar refractivity (Wildman–Crippen MR) is 120 cm³/mol. The highest BCUT2D eigenvalue weighted by Gasteiger charge is 2.22. The van der Waals surface area contributed by atoms with Gasteiger partial charge in [0.15, 0.2) is 11.5 Å². The van der Waals surface area contributed by atoms with Crippen LogP contribution in [0.1, 0.15) is 0 Å². The van der Waals surface area contributed by atoms with Crippen molar-refractivity contribution in [3.05, 3.63) is 36.4 Å². The SMILES string of the molecule is COc1ccc(NS(=O)(=O)c2ccc(OC)c(N3CCN(C)CC3)c2)cc1OC(F)F.Cl. The van der Waals surface area contributed by atoms with Crippen molar-refractivity contribution in [3.63, 3.8) is 0 Å². The number of nitrogens with zero attached hydrogens (tertiary/aromatic N) is 2. The van der Waals surface area contributed by atoms with Crippen LogP contribution in [0.4, 0.5) is 20.2 Å². The highest BCUT2D eigenvalue weighted by atomic mass is 35.5. The molecule has 8 nitrogen and oxygen atoms in total. The number of sulfonamides is 1. The zero-order chi connectivity index (χ0) is 22.6. The van der Waals surface area contributed by atoms with E-state index in [1.165, 1.54) is 32.4 Å². The summed E-state index contributed by atoms with van der Waals surface area (Å²) in [6.45, 7) is 0.0788. The third-order valence-corrected chi connectivity index (χ3v) is 6.32. The summed E-state index contributed by atoms with van der Waals surface area (Å²) in [5.41, 5.74) is 0.739. The van der Waals surface area contributed by atoms with Gasteiger partial charge in [-0.2, -0.15) is 8.78 Å². The fourth-order valence-corrected chi connectivity index (χ4v) is 4.34. The number of nitrogens with one attached hydrogen (secondary N) is 1. The van der Waals surface area contributed by atoms with Crippen molar-refractivity contribution >= 4 is 33.8 Å². The molecule has 2 aromatic rings. The molecule has 0 atom stereocenters. The number of methoxy groups -OCH3 is 2. The molecule has 32 heavy (non-hydrogen) atoms. The number of halogens is 3. The average Bonchev–Trinajstić information content (AvgIpc) is 2.73. The van der Waals surface area contributed by atoms with Gasteiger partial charge >= 0.3 is 6.61 Å². The molecule has 0 radical (unpaired) electrons. The molecule has 0 spiro atoms. The molecule has 1 fully saturated rings. The Morgan fingerprint density at radius 3 is 2.16 bits per heavy atom. The summed E-state index contributed by atoms with van der Waals surface area (Å²) in [5.74, 6) is 0.358. The second-order valence-electron chi connectivity index (χ2n) is 6.97. The summed E-state index contributed by atoms with van der Waals surface area (Å²) < 4.78 is 68.5. The first kappa shape index (κ1) is 25.8. The van der Waals surface area contributed by atoms with Crippen molar-refractivity contribution in [2.75, 3.05) is 57.1 Å². The third-order valence-electron chi connectivity index (χ3n) is 4.94. The van der Waals surface area contributed by atoms with E-state index >= 15 is 0 Å². The Morgan fingerprint density at radius 2 is 1.56 bits per heavy atom. The Balaban J connectivity index is 0.00000363. The Morgan fingerprint density at radius 1 is 0.938 bits per heavy atom. The Kier molecular flexibility index (Phi) is 8.76. The lowest BCUT2D eigenvalue weighted by molar-refractivity contribution is -0.0511. The molecule has 1 N–H and O–H groups in total. The molecule has 0 aliphatic carbocycles. The Bertz CT molecular complexity index is 1020. The van der Waals surface area contributed by atoms with Gasteiger partial charge in [0.05, 0.1) is 30.5 Å². The first-order valence-electron chi connectivity index (χ1n) is 9.50. The van der Waals surface area contributed by atoms with Crippen LogP contribution in [0, 0.1) is 0 Å². The fourth-order valence-electron chi connectivity index (χ4n) is 3.27. The monoisotopic (exact) mass is 493 g/mol. The molecule has 0 unspecified atom stereocenters. The standard InChI is InChI=1S/C20H25F2N3O5S.ClH/c1-24-8-10-25(11-9-24)16-13-15(5-7-17(16)28-2)31(26,27)23-14-4-6-18(29-3)19(12-14)30-20(21)22;/h4-7,12-13,20,23H,8-11H2,1-3H3;1H. The molecule has 0 bridgehead atoms. The molecule has 2 aromatic carbocycles. The van der Waals surface area contributed by atoms with Gasteiger partial charge in [-0.3, -0.25) is 4.72 Å². The largest absolute Gasteiger partial charge is 0.495 e. The normalized spacial score (nSPS) is 14.6. The zero-order valence-corrected chi connectivity index (χ0v) is 19.5. The van der Waals surface area contributed by atoms with Gasteiger partial charge in [-0.1, -0.05) is 0 Å². The van der Waals surface area contributed by atoms with Gasteiger partial charge in [0.25, 0.3) is 10.0 Å². The smallest absolute Gasteiger partial charge is 0.387 e. The summed E-state index contributed by atoms with van der Waals surface area (Å²) in [6, 6.07) is 8.47. The van der Waals surface area contributed by atoms with E-state index in [2.05, 4.69) is 19.3 Å². The van der Waals surface area contributed by atoms with Crippen LogP contribution >= 0.6 is 12.4 Å². The van der Waals surface area contributed by atoms with Gasteiger partial charge in [0.1, 0.15) is 5.75 Å². The predicted octanol–water partition coefficient (Wildman–Crippen LogP) is 3.28. The number of alkyl halides is 2. The van der Waals surface area contributed by atoms with Gasteiger partial charge in [-0.25, -0.2) is 8.42 Å². The van der Waals surface area contributed by atoms with Crippen molar-refractivity contribution in [1.82, 2.24) is 4.90 Å². The molecule has 1 aliphatic rings. The van der Waals surface area contributed by atoms with Crippen LogP contribution in [0.3, 0.4) is 0 Å². The molecule has 1 aliphatic heterocycles. The second-order valence-corrected chi connectivity index (χ2v) is 8.66. The van der Waals surface area contributed by atoms with Crippen molar-refractivity contribution in [2.45, 2.75) is 11.5 Å². The van der Waals surface area contributed by atoms with E-state index < -0.39 is 16.6 Å². The van der Waals surface area contributed by atoms with Gasteiger partial charge in [-0.15, -0.1) is 12.4 Å². The summed E-state index contributed by atoms with van der Waals surface area (Å²) in [6.07, 6.45) is 0. The lowest BCUT2D eigenvalue weighted by Crippen LogP contribution is -2.44. The molecule has 0 amide bonds. The van der Waals surface area contributed by atoms with Gasteiger partial charge in [0, 0.05) is 32.2 Å². The van der Waals surface area contributed by atoms with Crippen LogP contribution in [-0.2, 0) is 10.0 Å². The van der Waals surface area contributed by atoms with Gasteiger partial charge in [-0.05, 0) is 37.4 Å². The van der Waals surface area contributed by atoms with Gasteiger partial charge in [0.2, 0.25) is 0 Å². The number of piperazine rings is 1. The minimum absolute atomic E-state index is 0. The van der Waals surface area contributed by atoms with Crippen molar-refractivity contribution in [3.8, 4) is 17.2 Å². The summed E-state index contributed by atoms with van der Waals surface area (Å²) >= 11 is 0. The topological polar surface area (TPSA) is 80.3 Å². The van der Waals surface area contributed by atoms with E-state index in [1.54, 1.807) is 12.1 Å². The Hall–Kier alpha value is -2.50. The summed E-state index contributed by atoms with van der Waals surface area (Å²) in [4.78, 5) is 4.28. The molecule has 0 saturated carbocycles. The van der Waals surface area contributed by atoms with Crippen LogP contribution in [0.25, 0.3) is 0 Å². The van der Waals surface area contributed by atoms with Crippen LogP contribution in [0.15, 0.2) is 41.3 Å². The van der Waals surface area contributed by atoms with Crippen LogP contribution < -0.4 is 23.8 Å². The molecule has 0 aromatic heterocycles. The quantitative estimate of drug-likeness (QED) is 0.604. The number of ether oxygens (including phenoxy) is 3. The first-order chi connectivity index (χ1) is 14.7. The molecule has 3 rings (SSSR count). The highest BCUT2D eigenvalue weighted by Crippen LogP contribution is 2.34. The van der Waals surface area contributed by atoms with Crippen LogP contribution in [0.5, 0.6) is 17.2 Å². The van der Waals surface area contributed by atoms with E-state index in [0.29, 0.717) is 11.4 Å². The molecule has 1 heterocycles. The number of hydrogen-bond donors (Lipinski definition) is 1. The molecule has 1 saturated heterocycles. The van der Waals surface area contributed by atoms with Crippen molar-refractivity contribution in [2.24, 2.45) is 0 Å². The van der Waals surface area contributed by atoms with Crippen LogP contribution in [0.2, 0.25) is 0 Å². The molecular weight excluding hydrogens is 468 g/mol. The lowest BCUT2D eigenvalue weighted by Gasteiger charge is -2.34. The van der Waals surface area contributed by atoms with E-state index in [0.717, 1.165) is 32.2 Å². The highest BCUT2D eigenvalue weighted by molar-refractivity contribution is 7.92. The number of benzene rings is 2. The van der Waals surface area contributed by atoms with E-state index in [4.69, 9.17) is 9.47 Å². The molecule has 12 heteroatoms. The first-order valence-corrected chi connectivity index (χ1v) is 11.0. The van der Waals surface area contributed by atoms with Crippen molar-refractivity contribution in [1.29, 1.82) is 0 Å². The third kappa shape index (κ3) is 6.05. The lowest BCUT2D eigenvalue weighted by atomic mass is 10.2. The van der Waals surface area contributed by atoms with E-state index in [9.17, 15) is 17.2 Å². The van der Waals surface area contributed by atoms with Crippen LogP contribution in [-0.4, -0.2) is 67.4 Å². The maximum Gasteiger partial charge on any atom is 0.387 e.